The highest BCUT2D eigenvalue weighted by Crippen LogP contribution is 2.30. The average Bonchev–Trinajstić information content (AvgIpc) is 2.41. The highest BCUT2D eigenvalue weighted by Gasteiger charge is 2.25. The summed E-state index contributed by atoms with van der Waals surface area (Å²) in [7, 11) is 3.49. The second-order valence-corrected chi connectivity index (χ2v) is 6.28. The molecular weight excluding hydrogens is 250 g/mol. The van der Waals surface area contributed by atoms with E-state index in [0.717, 1.165) is 11.6 Å². The van der Waals surface area contributed by atoms with Gasteiger partial charge in [-0.05, 0) is 43.2 Å². The van der Waals surface area contributed by atoms with Crippen LogP contribution in [0.1, 0.15) is 43.6 Å². The number of carbonyl (C=O) groups is 1. The second-order valence-electron chi connectivity index (χ2n) is 6.28. The van der Waals surface area contributed by atoms with Gasteiger partial charge in [0.1, 0.15) is 5.69 Å². The van der Waals surface area contributed by atoms with Gasteiger partial charge in [0, 0.05) is 32.0 Å². The van der Waals surface area contributed by atoms with E-state index in [1.807, 2.05) is 12.1 Å². The smallest absolute Gasteiger partial charge is 0.272 e. The van der Waals surface area contributed by atoms with Crippen molar-refractivity contribution in [1.29, 1.82) is 0 Å². The predicted octanol–water partition coefficient (Wildman–Crippen LogP) is 3.02. The minimum atomic E-state index is -0.0565. The minimum absolute atomic E-state index is 0.0565. The van der Waals surface area contributed by atoms with Crippen LogP contribution in [0.15, 0.2) is 18.3 Å². The van der Waals surface area contributed by atoms with Crippen LogP contribution in [0.4, 0.5) is 5.69 Å². The fourth-order valence-electron chi connectivity index (χ4n) is 2.96. The second kappa shape index (κ2) is 6.25. The van der Waals surface area contributed by atoms with Crippen molar-refractivity contribution in [2.75, 3.05) is 19.4 Å². The van der Waals surface area contributed by atoms with E-state index in [-0.39, 0.29) is 5.91 Å². The van der Waals surface area contributed by atoms with Gasteiger partial charge in [-0.25, -0.2) is 0 Å². The van der Waals surface area contributed by atoms with E-state index in [0.29, 0.717) is 17.7 Å². The summed E-state index contributed by atoms with van der Waals surface area (Å²) in [5.41, 5.74) is 1.49. The SMILES string of the molecule is CC1CCC(Nc2ccnc(C(=O)N(C)C)c2)C(C)C1. The molecule has 4 heteroatoms. The number of amides is 1. The van der Waals surface area contributed by atoms with Crippen LogP contribution >= 0.6 is 0 Å². The Kier molecular flexibility index (Phi) is 4.63. The van der Waals surface area contributed by atoms with Crippen LogP contribution < -0.4 is 5.32 Å². The number of hydrogen-bond acceptors (Lipinski definition) is 3. The lowest BCUT2D eigenvalue weighted by Crippen LogP contribution is -2.33. The van der Waals surface area contributed by atoms with E-state index in [1.165, 1.54) is 19.3 Å². The molecule has 1 aliphatic carbocycles. The zero-order valence-electron chi connectivity index (χ0n) is 12.9. The van der Waals surface area contributed by atoms with Crippen LogP contribution in [0.5, 0.6) is 0 Å². The molecule has 1 amide bonds. The largest absolute Gasteiger partial charge is 0.382 e. The van der Waals surface area contributed by atoms with Gasteiger partial charge in [0.2, 0.25) is 0 Å². The summed E-state index contributed by atoms with van der Waals surface area (Å²) in [6, 6.07) is 4.29. The molecule has 110 valence electrons. The summed E-state index contributed by atoms with van der Waals surface area (Å²) in [6.07, 6.45) is 5.44. The normalized spacial score (nSPS) is 26.1. The molecule has 1 aliphatic rings. The summed E-state index contributed by atoms with van der Waals surface area (Å²) in [4.78, 5) is 17.6. The van der Waals surface area contributed by atoms with Crippen molar-refractivity contribution in [1.82, 2.24) is 9.88 Å². The molecule has 1 aromatic rings. The molecule has 3 atom stereocenters. The van der Waals surface area contributed by atoms with Gasteiger partial charge in [0.15, 0.2) is 0 Å². The number of anilines is 1. The van der Waals surface area contributed by atoms with Gasteiger partial charge in [-0.3, -0.25) is 9.78 Å². The summed E-state index contributed by atoms with van der Waals surface area (Å²) < 4.78 is 0. The zero-order valence-corrected chi connectivity index (χ0v) is 12.9. The Morgan fingerprint density at radius 3 is 2.75 bits per heavy atom. The Morgan fingerprint density at radius 1 is 1.35 bits per heavy atom. The Bertz CT molecular complexity index is 473. The molecule has 0 saturated heterocycles. The molecule has 1 N–H and O–H groups in total. The highest BCUT2D eigenvalue weighted by atomic mass is 16.2. The topological polar surface area (TPSA) is 45.2 Å². The number of pyridine rings is 1. The third-order valence-electron chi connectivity index (χ3n) is 4.17. The standard InChI is InChI=1S/C16H25N3O/c1-11-5-6-14(12(2)9-11)18-13-7-8-17-15(10-13)16(20)19(3)4/h7-8,10-12,14H,5-6,9H2,1-4H3,(H,17,18). The first-order valence-corrected chi connectivity index (χ1v) is 7.41. The zero-order chi connectivity index (χ0) is 14.7. The lowest BCUT2D eigenvalue weighted by molar-refractivity contribution is 0.0822. The molecule has 0 spiro atoms. The Labute approximate surface area is 121 Å². The van der Waals surface area contributed by atoms with Crippen LogP contribution in [0, 0.1) is 11.8 Å². The number of nitrogens with one attached hydrogen (secondary N) is 1. The van der Waals surface area contributed by atoms with Gasteiger partial charge < -0.3 is 10.2 Å². The van der Waals surface area contributed by atoms with Gasteiger partial charge in [-0.15, -0.1) is 0 Å². The summed E-state index contributed by atoms with van der Waals surface area (Å²) in [5, 5.41) is 3.57. The molecule has 1 saturated carbocycles. The van der Waals surface area contributed by atoms with Crippen LogP contribution in [-0.2, 0) is 0 Å². The lowest BCUT2D eigenvalue weighted by atomic mass is 9.80. The summed E-state index contributed by atoms with van der Waals surface area (Å²) >= 11 is 0. The highest BCUT2D eigenvalue weighted by molar-refractivity contribution is 5.92. The summed E-state index contributed by atoms with van der Waals surface area (Å²) in [5.74, 6) is 1.44. The molecule has 20 heavy (non-hydrogen) atoms. The third-order valence-corrected chi connectivity index (χ3v) is 4.17. The third kappa shape index (κ3) is 3.50. The molecule has 0 aliphatic heterocycles. The van der Waals surface area contributed by atoms with E-state index in [2.05, 4.69) is 24.1 Å². The number of nitrogens with zero attached hydrogens (tertiary/aromatic N) is 2. The first-order chi connectivity index (χ1) is 9.47. The van der Waals surface area contributed by atoms with Crippen molar-refractivity contribution in [3.63, 3.8) is 0 Å². The van der Waals surface area contributed by atoms with Crippen molar-refractivity contribution in [2.24, 2.45) is 11.8 Å². The Hall–Kier alpha value is -1.58. The molecule has 3 unspecified atom stereocenters. The van der Waals surface area contributed by atoms with E-state index < -0.39 is 0 Å². The first-order valence-electron chi connectivity index (χ1n) is 7.41. The van der Waals surface area contributed by atoms with Crippen molar-refractivity contribution < 1.29 is 4.79 Å². The quantitative estimate of drug-likeness (QED) is 0.922. The lowest BCUT2D eigenvalue weighted by Gasteiger charge is -2.33. The fraction of sp³-hybridized carbons (Fsp3) is 0.625. The van der Waals surface area contributed by atoms with Crippen molar-refractivity contribution in [3.05, 3.63) is 24.0 Å². The van der Waals surface area contributed by atoms with E-state index in [9.17, 15) is 4.79 Å². The van der Waals surface area contributed by atoms with Crippen LogP contribution in [-0.4, -0.2) is 35.9 Å². The summed E-state index contributed by atoms with van der Waals surface area (Å²) in [6.45, 7) is 4.63. The monoisotopic (exact) mass is 275 g/mol. The Balaban J connectivity index is 2.06. The van der Waals surface area contributed by atoms with E-state index >= 15 is 0 Å². The molecule has 0 radical (unpaired) electrons. The van der Waals surface area contributed by atoms with Crippen molar-refractivity contribution in [3.8, 4) is 0 Å². The van der Waals surface area contributed by atoms with Crippen LogP contribution in [0.25, 0.3) is 0 Å². The van der Waals surface area contributed by atoms with Gasteiger partial charge in [-0.2, -0.15) is 0 Å². The fourth-order valence-corrected chi connectivity index (χ4v) is 2.96. The molecule has 2 rings (SSSR count). The molecule has 0 bridgehead atoms. The molecule has 4 nitrogen and oxygen atoms in total. The number of carbonyl (C=O) groups excluding carboxylic acids is 1. The number of rotatable bonds is 3. The first kappa shape index (κ1) is 14.8. The molecule has 1 fully saturated rings. The maximum absolute atomic E-state index is 11.9. The maximum Gasteiger partial charge on any atom is 0.272 e. The molecule has 0 aromatic carbocycles. The molecule has 1 aromatic heterocycles. The van der Waals surface area contributed by atoms with Crippen molar-refractivity contribution in [2.45, 2.75) is 39.2 Å². The van der Waals surface area contributed by atoms with E-state index in [1.54, 1.807) is 25.2 Å². The molecule has 1 heterocycles. The number of hydrogen-bond donors (Lipinski definition) is 1. The minimum Gasteiger partial charge on any atom is -0.382 e. The Morgan fingerprint density at radius 2 is 2.10 bits per heavy atom. The van der Waals surface area contributed by atoms with Gasteiger partial charge in [0.25, 0.3) is 5.91 Å². The number of aromatic nitrogens is 1. The van der Waals surface area contributed by atoms with Gasteiger partial charge in [0.05, 0.1) is 0 Å². The van der Waals surface area contributed by atoms with Crippen LogP contribution in [0.3, 0.4) is 0 Å². The van der Waals surface area contributed by atoms with E-state index in [4.69, 9.17) is 0 Å². The maximum atomic E-state index is 11.9. The van der Waals surface area contributed by atoms with Crippen LogP contribution in [0.2, 0.25) is 0 Å². The van der Waals surface area contributed by atoms with Gasteiger partial charge in [-0.1, -0.05) is 13.8 Å². The predicted molar refractivity (Wildman–Crippen MR) is 81.8 cm³/mol. The van der Waals surface area contributed by atoms with Crippen molar-refractivity contribution >= 4 is 11.6 Å². The van der Waals surface area contributed by atoms with Gasteiger partial charge >= 0.3 is 0 Å². The average molecular weight is 275 g/mol. The molecular formula is C16H25N3O.